The fourth-order valence-corrected chi connectivity index (χ4v) is 1.77. The number of hydrogen-bond acceptors (Lipinski definition) is 3. The average Bonchev–Trinajstić information content (AvgIpc) is 2.31. The first-order valence-electron chi connectivity index (χ1n) is 5.40. The lowest BCUT2D eigenvalue weighted by molar-refractivity contribution is 0.167. The summed E-state index contributed by atoms with van der Waals surface area (Å²) < 4.78 is 10.9. The lowest BCUT2D eigenvalue weighted by Crippen LogP contribution is -2.37. The van der Waals surface area contributed by atoms with E-state index in [0.29, 0.717) is 6.10 Å². The topological polar surface area (TPSA) is 30.5 Å². The summed E-state index contributed by atoms with van der Waals surface area (Å²) in [7, 11) is 1.67. The van der Waals surface area contributed by atoms with Gasteiger partial charge in [-0.25, -0.2) is 0 Å². The largest absolute Gasteiger partial charge is 0.497 e. The molecule has 0 aliphatic carbocycles. The summed E-state index contributed by atoms with van der Waals surface area (Å²) in [5, 5.41) is 3.33. The molecule has 1 aromatic rings. The predicted octanol–water partition coefficient (Wildman–Crippen LogP) is 1.83. The maximum absolute atomic E-state index is 5.84. The van der Waals surface area contributed by atoms with E-state index in [4.69, 9.17) is 9.47 Å². The van der Waals surface area contributed by atoms with Crippen LogP contribution in [0, 0.1) is 0 Å². The van der Waals surface area contributed by atoms with Gasteiger partial charge >= 0.3 is 0 Å². The van der Waals surface area contributed by atoms with Crippen molar-refractivity contribution < 1.29 is 9.47 Å². The van der Waals surface area contributed by atoms with Gasteiger partial charge in [0.2, 0.25) is 0 Å². The molecule has 15 heavy (non-hydrogen) atoms. The Labute approximate surface area is 90.4 Å². The standard InChI is InChI=1S/C12H17NO2/c1-14-10-4-6-11(7-5-10)15-12-3-2-8-13-9-12/h4-7,12-13H,2-3,8-9H2,1H3/t12-/m0/s1. The first-order valence-corrected chi connectivity index (χ1v) is 5.40. The highest BCUT2D eigenvalue weighted by molar-refractivity contribution is 5.31. The van der Waals surface area contributed by atoms with Crippen molar-refractivity contribution in [3.63, 3.8) is 0 Å². The van der Waals surface area contributed by atoms with Crippen LogP contribution in [-0.4, -0.2) is 26.3 Å². The van der Waals surface area contributed by atoms with Gasteiger partial charge in [0.15, 0.2) is 0 Å². The first-order chi connectivity index (χ1) is 7.38. The molecule has 1 atom stereocenters. The Morgan fingerprint density at radius 1 is 1.20 bits per heavy atom. The van der Waals surface area contributed by atoms with Gasteiger partial charge in [-0.3, -0.25) is 0 Å². The quantitative estimate of drug-likeness (QED) is 0.820. The Bertz CT molecular complexity index is 291. The summed E-state index contributed by atoms with van der Waals surface area (Å²) in [5.74, 6) is 1.79. The van der Waals surface area contributed by atoms with E-state index in [1.54, 1.807) is 7.11 Å². The molecule has 1 fully saturated rings. The number of benzene rings is 1. The zero-order valence-electron chi connectivity index (χ0n) is 9.03. The third kappa shape index (κ3) is 2.86. The van der Waals surface area contributed by atoms with Gasteiger partial charge in [-0.2, -0.15) is 0 Å². The Balaban J connectivity index is 1.91. The third-order valence-corrected chi connectivity index (χ3v) is 2.61. The van der Waals surface area contributed by atoms with Gasteiger partial charge in [-0.15, -0.1) is 0 Å². The van der Waals surface area contributed by atoms with Crippen molar-refractivity contribution in [3.05, 3.63) is 24.3 Å². The van der Waals surface area contributed by atoms with Gasteiger partial charge in [0.1, 0.15) is 17.6 Å². The number of methoxy groups -OCH3 is 1. The fraction of sp³-hybridized carbons (Fsp3) is 0.500. The van der Waals surface area contributed by atoms with Crippen molar-refractivity contribution >= 4 is 0 Å². The number of piperidine rings is 1. The summed E-state index contributed by atoms with van der Waals surface area (Å²) in [6, 6.07) is 7.75. The van der Waals surface area contributed by atoms with Crippen LogP contribution >= 0.6 is 0 Å². The molecular formula is C12H17NO2. The molecule has 0 amide bonds. The monoisotopic (exact) mass is 207 g/mol. The van der Waals surface area contributed by atoms with Gasteiger partial charge in [-0.05, 0) is 43.7 Å². The molecule has 1 heterocycles. The minimum absolute atomic E-state index is 0.312. The number of ether oxygens (including phenoxy) is 2. The number of nitrogens with one attached hydrogen (secondary N) is 1. The predicted molar refractivity (Wildman–Crippen MR) is 59.5 cm³/mol. The first kappa shape index (κ1) is 10.3. The van der Waals surface area contributed by atoms with Crippen LogP contribution in [-0.2, 0) is 0 Å². The molecule has 1 saturated heterocycles. The highest BCUT2D eigenvalue weighted by Crippen LogP contribution is 2.19. The van der Waals surface area contributed by atoms with E-state index < -0.39 is 0 Å². The smallest absolute Gasteiger partial charge is 0.120 e. The van der Waals surface area contributed by atoms with Crippen molar-refractivity contribution in [2.75, 3.05) is 20.2 Å². The van der Waals surface area contributed by atoms with Crippen molar-refractivity contribution in [1.29, 1.82) is 0 Å². The Hall–Kier alpha value is -1.22. The summed E-state index contributed by atoms with van der Waals surface area (Å²) >= 11 is 0. The molecular weight excluding hydrogens is 190 g/mol. The normalized spacial score (nSPS) is 21.0. The maximum atomic E-state index is 5.84. The van der Waals surface area contributed by atoms with Crippen LogP contribution in [0.5, 0.6) is 11.5 Å². The van der Waals surface area contributed by atoms with Crippen LogP contribution in [0.3, 0.4) is 0 Å². The molecule has 0 aromatic heterocycles. The van der Waals surface area contributed by atoms with Crippen molar-refractivity contribution in [3.8, 4) is 11.5 Å². The molecule has 1 aromatic carbocycles. The second-order valence-electron chi connectivity index (χ2n) is 3.76. The van der Waals surface area contributed by atoms with Crippen LogP contribution in [0.25, 0.3) is 0 Å². The van der Waals surface area contributed by atoms with Gasteiger partial charge in [-0.1, -0.05) is 0 Å². The van der Waals surface area contributed by atoms with E-state index in [2.05, 4.69) is 5.32 Å². The van der Waals surface area contributed by atoms with Crippen LogP contribution in [0.2, 0.25) is 0 Å². The highest BCUT2D eigenvalue weighted by atomic mass is 16.5. The minimum atomic E-state index is 0.312. The summed E-state index contributed by atoms with van der Waals surface area (Å²) in [5.41, 5.74) is 0. The summed E-state index contributed by atoms with van der Waals surface area (Å²) in [6.45, 7) is 2.06. The molecule has 1 aliphatic heterocycles. The molecule has 0 unspecified atom stereocenters. The number of hydrogen-bond donors (Lipinski definition) is 1. The SMILES string of the molecule is COc1ccc(O[C@H]2CCCNC2)cc1. The molecule has 0 saturated carbocycles. The summed E-state index contributed by atoms with van der Waals surface area (Å²) in [6.07, 6.45) is 2.65. The Kier molecular flexibility index (Phi) is 3.45. The van der Waals surface area contributed by atoms with Crippen LogP contribution in [0.15, 0.2) is 24.3 Å². The van der Waals surface area contributed by atoms with Crippen LogP contribution in [0.4, 0.5) is 0 Å². The average molecular weight is 207 g/mol. The lowest BCUT2D eigenvalue weighted by Gasteiger charge is -2.23. The van der Waals surface area contributed by atoms with E-state index in [-0.39, 0.29) is 0 Å². The molecule has 82 valence electrons. The summed E-state index contributed by atoms with van der Waals surface area (Å²) in [4.78, 5) is 0. The lowest BCUT2D eigenvalue weighted by atomic mass is 10.1. The van der Waals surface area contributed by atoms with Gasteiger partial charge in [0.25, 0.3) is 0 Å². The second kappa shape index (κ2) is 5.03. The molecule has 0 spiro atoms. The van der Waals surface area contributed by atoms with E-state index in [1.807, 2.05) is 24.3 Å². The van der Waals surface area contributed by atoms with Crippen LogP contribution < -0.4 is 14.8 Å². The molecule has 3 heteroatoms. The van der Waals surface area contributed by atoms with Gasteiger partial charge < -0.3 is 14.8 Å². The van der Waals surface area contributed by atoms with Crippen molar-refractivity contribution in [1.82, 2.24) is 5.32 Å². The molecule has 2 rings (SSSR count). The molecule has 3 nitrogen and oxygen atoms in total. The van der Waals surface area contributed by atoms with Crippen LogP contribution in [0.1, 0.15) is 12.8 Å². The number of rotatable bonds is 3. The fourth-order valence-electron chi connectivity index (χ4n) is 1.77. The molecule has 0 radical (unpaired) electrons. The van der Waals surface area contributed by atoms with E-state index in [1.165, 1.54) is 6.42 Å². The van der Waals surface area contributed by atoms with Crippen molar-refractivity contribution in [2.24, 2.45) is 0 Å². The van der Waals surface area contributed by atoms with E-state index in [9.17, 15) is 0 Å². The zero-order valence-corrected chi connectivity index (χ0v) is 9.03. The zero-order chi connectivity index (χ0) is 10.5. The van der Waals surface area contributed by atoms with Crippen molar-refractivity contribution in [2.45, 2.75) is 18.9 Å². The molecule has 1 aliphatic rings. The van der Waals surface area contributed by atoms with Gasteiger partial charge in [0.05, 0.1) is 7.11 Å². The third-order valence-electron chi connectivity index (χ3n) is 2.61. The van der Waals surface area contributed by atoms with Gasteiger partial charge in [0, 0.05) is 6.54 Å². The Morgan fingerprint density at radius 2 is 1.93 bits per heavy atom. The Morgan fingerprint density at radius 3 is 2.53 bits per heavy atom. The molecule has 1 N–H and O–H groups in total. The minimum Gasteiger partial charge on any atom is -0.497 e. The second-order valence-corrected chi connectivity index (χ2v) is 3.76. The van der Waals surface area contributed by atoms with E-state index in [0.717, 1.165) is 31.0 Å². The highest BCUT2D eigenvalue weighted by Gasteiger charge is 2.13. The van der Waals surface area contributed by atoms with E-state index >= 15 is 0 Å². The molecule has 0 bridgehead atoms. The maximum Gasteiger partial charge on any atom is 0.120 e.